The molecule has 0 amide bonds. The number of nitrogens with two attached hydrogens (primary N) is 1. The van der Waals surface area contributed by atoms with Crippen LogP contribution in [0.1, 0.15) is 36.9 Å². The van der Waals surface area contributed by atoms with Crippen LogP contribution >= 0.6 is 7.60 Å². The maximum absolute atomic E-state index is 12.8. The molecular formula is C21H25N6O6P. The number of hydrogen-bond acceptors (Lipinski definition) is 11. The van der Waals surface area contributed by atoms with Crippen molar-refractivity contribution in [2.24, 2.45) is 0 Å². The molecule has 0 spiro atoms. The first-order valence-corrected chi connectivity index (χ1v) is 12.4. The monoisotopic (exact) mass is 488 g/mol. The highest BCUT2D eigenvalue weighted by molar-refractivity contribution is 7.57. The predicted molar refractivity (Wildman–Crippen MR) is 122 cm³/mol. The van der Waals surface area contributed by atoms with Gasteiger partial charge in [-0.05, 0) is 32.1 Å². The summed E-state index contributed by atoms with van der Waals surface area (Å²) in [7, 11) is -3.43. The average molecular weight is 488 g/mol. The molecule has 1 saturated heterocycles. The summed E-state index contributed by atoms with van der Waals surface area (Å²) in [6.07, 6.45) is 0.945. The van der Waals surface area contributed by atoms with Crippen molar-refractivity contribution in [2.75, 3.05) is 18.9 Å². The zero-order valence-electron chi connectivity index (χ0n) is 18.7. The van der Waals surface area contributed by atoms with E-state index in [1.165, 1.54) is 16.8 Å². The number of fused-ring (bicyclic) bond motifs is 1. The number of ether oxygens (including phenoxy) is 2. The summed E-state index contributed by atoms with van der Waals surface area (Å²) in [5.41, 5.74) is 6.90. The van der Waals surface area contributed by atoms with Crippen molar-refractivity contribution in [3.8, 4) is 0 Å². The van der Waals surface area contributed by atoms with Crippen LogP contribution in [0.25, 0.3) is 11.2 Å². The molecule has 34 heavy (non-hydrogen) atoms. The van der Waals surface area contributed by atoms with Crippen LogP contribution in [0, 0.1) is 0 Å². The third kappa shape index (κ3) is 5.15. The number of carbonyl (C=O) groups excluding carboxylic acids is 1. The lowest BCUT2D eigenvalue weighted by Gasteiger charge is -2.19. The van der Waals surface area contributed by atoms with Gasteiger partial charge in [0.1, 0.15) is 6.33 Å². The van der Waals surface area contributed by atoms with Crippen LogP contribution in [0.4, 0.5) is 5.82 Å². The molecule has 12 nitrogen and oxygen atoms in total. The number of esters is 1. The summed E-state index contributed by atoms with van der Waals surface area (Å²) >= 11 is 0. The van der Waals surface area contributed by atoms with Crippen molar-refractivity contribution >= 4 is 30.5 Å². The zero-order valence-corrected chi connectivity index (χ0v) is 19.6. The van der Waals surface area contributed by atoms with E-state index in [1.807, 2.05) is 0 Å². The first kappa shape index (κ1) is 24.0. The summed E-state index contributed by atoms with van der Waals surface area (Å²) in [6, 6.07) is 8.61. The van der Waals surface area contributed by atoms with Crippen molar-refractivity contribution in [3.63, 3.8) is 0 Å². The quantitative estimate of drug-likeness (QED) is 0.349. The highest BCUT2D eigenvalue weighted by Crippen LogP contribution is 2.50. The van der Waals surface area contributed by atoms with E-state index < -0.39 is 32.0 Å². The fourth-order valence-electron chi connectivity index (χ4n) is 3.53. The van der Waals surface area contributed by atoms with E-state index in [0.29, 0.717) is 16.7 Å². The largest absolute Gasteiger partial charge is 0.454 e. The summed E-state index contributed by atoms with van der Waals surface area (Å²) < 4.78 is 36.7. The zero-order chi connectivity index (χ0) is 24.1. The molecule has 180 valence electrons. The van der Waals surface area contributed by atoms with Crippen LogP contribution in [0.3, 0.4) is 0 Å². The SMILES string of the molecule is CCOP(=O)(C=C[C@@H]1C[C@@H](OC(=O)c2ccccc2)[C@H](n2nnc3c(N)ncnc32)O1)OCC. The van der Waals surface area contributed by atoms with Crippen molar-refractivity contribution < 1.29 is 27.9 Å². The normalized spacial score (nSPS) is 20.8. The summed E-state index contributed by atoms with van der Waals surface area (Å²) in [5.74, 6) is 1.01. The molecule has 0 aliphatic carbocycles. The van der Waals surface area contributed by atoms with Gasteiger partial charge < -0.3 is 24.3 Å². The van der Waals surface area contributed by atoms with E-state index in [1.54, 1.807) is 50.3 Å². The van der Waals surface area contributed by atoms with E-state index in [0.717, 1.165) is 0 Å². The molecule has 2 N–H and O–H groups in total. The lowest BCUT2D eigenvalue weighted by atomic mass is 10.2. The van der Waals surface area contributed by atoms with E-state index in [2.05, 4.69) is 20.3 Å². The Kier molecular flexibility index (Phi) is 7.32. The van der Waals surface area contributed by atoms with Crippen LogP contribution in [-0.4, -0.2) is 56.4 Å². The number of nitrogens with zero attached hydrogens (tertiary/aromatic N) is 5. The maximum atomic E-state index is 12.8. The van der Waals surface area contributed by atoms with Gasteiger partial charge >= 0.3 is 13.6 Å². The van der Waals surface area contributed by atoms with Gasteiger partial charge in [-0.15, -0.1) is 5.10 Å². The van der Waals surface area contributed by atoms with Gasteiger partial charge in [0.15, 0.2) is 29.3 Å². The summed E-state index contributed by atoms with van der Waals surface area (Å²) in [6.45, 7) is 3.90. The Morgan fingerprint density at radius 1 is 1.24 bits per heavy atom. The number of rotatable bonds is 9. The molecule has 0 unspecified atom stereocenters. The minimum Gasteiger partial charge on any atom is -0.454 e. The minimum absolute atomic E-state index is 0.165. The molecule has 1 aromatic carbocycles. The van der Waals surface area contributed by atoms with E-state index >= 15 is 0 Å². The second-order valence-electron chi connectivity index (χ2n) is 7.29. The van der Waals surface area contributed by atoms with Crippen LogP contribution in [-0.2, 0) is 23.1 Å². The van der Waals surface area contributed by atoms with E-state index in [9.17, 15) is 9.36 Å². The Hall–Kier alpha value is -3.18. The Balaban J connectivity index is 1.62. The lowest BCUT2D eigenvalue weighted by Crippen LogP contribution is -2.26. The average Bonchev–Trinajstić information content (AvgIpc) is 3.43. The first-order chi connectivity index (χ1) is 16.4. The molecule has 0 radical (unpaired) electrons. The molecule has 3 atom stereocenters. The molecular weight excluding hydrogens is 463 g/mol. The van der Waals surface area contributed by atoms with Gasteiger partial charge in [0.25, 0.3) is 0 Å². The van der Waals surface area contributed by atoms with Crippen molar-refractivity contribution in [1.29, 1.82) is 0 Å². The molecule has 4 rings (SSSR count). The molecule has 2 aromatic heterocycles. The predicted octanol–water partition coefficient (Wildman–Crippen LogP) is 3.10. The second kappa shape index (κ2) is 10.4. The fraction of sp³-hybridized carbons (Fsp3) is 0.381. The lowest BCUT2D eigenvalue weighted by molar-refractivity contribution is -0.0447. The minimum atomic E-state index is -3.43. The molecule has 3 heterocycles. The summed E-state index contributed by atoms with van der Waals surface area (Å²) in [4.78, 5) is 20.9. The molecule has 1 aliphatic rings. The number of benzene rings is 1. The van der Waals surface area contributed by atoms with Gasteiger partial charge in [0.2, 0.25) is 0 Å². The van der Waals surface area contributed by atoms with Crippen molar-refractivity contribution in [3.05, 3.63) is 54.1 Å². The van der Waals surface area contributed by atoms with Gasteiger partial charge in [-0.2, -0.15) is 4.68 Å². The second-order valence-corrected chi connectivity index (χ2v) is 9.19. The Labute approximate surface area is 195 Å². The number of carbonyl (C=O) groups is 1. The van der Waals surface area contributed by atoms with Crippen LogP contribution in [0.2, 0.25) is 0 Å². The number of anilines is 1. The topological polar surface area (TPSA) is 154 Å². The molecule has 13 heteroatoms. The third-order valence-corrected chi connectivity index (χ3v) is 6.77. The van der Waals surface area contributed by atoms with Gasteiger partial charge in [0, 0.05) is 12.2 Å². The Morgan fingerprint density at radius 2 is 1.97 bits per heavy atom. The molecule has 0 saturated carbocycles. The molecule has 1 fully saturated rings. The third-order valence-electron chi connectivity index (χ3n) is 5.00. The fourth-order valence-corrected chi connectivity index (χ4v) is 4.90. The maximum Gasteiger partial charge on any atom is 0.353 e. The van der Waals surface area contributed by atoms with Gasteiger partial charge in [-0.1, -0.05) is 23.4 Å². The number of hydrogen-bond donors (Lipinski definition) is 1. The van der Waals surface area contributed by atoms with Gasteiger partial charge in [0.05, 0.1) is 24.9 Å². The van der Waals surface area contributed by atoms with Crippen molar-refractivity contribution in [1.82, 2.24) is 25.0 Å². The van der Waals surface area contributed by atoms with E-state index in [4.69, 9.17) is 24.3 Å². The summed E-state index contributed by atoms with van der Waals surface area (Å²) in [5, 5.41) is 8.14. The van der Waals surface area contributed by atoms with Crippen LogP contribution in [0.5, 0.6) is 0 Å². The highest BCUT2D eigenvalue weighted by Gasteiger charge is 2.41. The highest BCUT2D eigenvalue weighted by atomic mass is 31.2. The number of nitrogen functional groups attached to an aromatic ring is 1. The first-order valence-electron chi connectivity index (χ1n) is 10.7. The van der Waals surface area contributed by atoms with E-state index in [-0.39, 0.29) is 25.5 Å². The Bertz CT molecular complexity index is 1210. The van der Waals surface area contributed by atoms with Crippen LogP contribution in [0.15, 0.2) is 48.6 Å². The standard InChI is InChI=1S/C21H25N6O6P/c1-3-30-34(29,31-4-2)11-10-15-12-16(33-21(28)14-8-6-5-7-9-14)20(32-15)27-19-17(25-26-27)18(22)23-13-24-19/h5-11,13,15-16,20H,3-4,12H2,1-2H3,(H2,22,23,24)/t15-,16-,20-/m1/s1. The van der Waals surface area contributed by atoms with Gasteiger partial charge in [-0.3, -0.25) is 4.57 Å². The number of aromatic nitrogens is 5. The van der Waals surface area contributed by atoms with Crippen molar-refractivity contribution in [2.45, 2.75) is 38.7 Å². The molecule has 1 aliphatic heterocycles. The van der Waals surface area contributed by atoms with Gasteiger partial charge in [-0.25, -0.2) is 14.8 Å². The smallest absolute Gasteiger partial charge is 0.353 e. The van der Waals surface area contributed by atoms with Crippen LogP contribution < -0.4 is 5.73 Å². The Morgan fingerprint density at radius 3 is 2.68 bits per heavy atom. The molecule has 3 aromatic rings. The molecule has 0 bridgehead atoms.